The predicted octanol–water partition coefficient (Wildman–Crippen LogP) is 3.29. The molecule has 1 N–H and O–H groups in total. The number of carbonyl (C=O) groups excluding carboxylic acids is 1. The molecule has 2 aliphatic rings. The van der Waals surface area contributed by atoms with E-state index in [1.807, 2.05) is 6.07 Å². The van der Waals surface area contributed by atoms with Crippen molar-refractivity contribution in [2.75, 3.05) is 25.6 Å². The van der Waals surface area contributed by atoms with Crippen molar-refractivity contribution in [3.63, 3.8) is 0 Å². The van der Waals surface area contributed by atoms with Gasteiger partial charge in [0.25, 0.3) is 0 Å². The summed E-state index contributed by atoms with van der Waals surface area (Å²) in [5, 5.41) is 3.61. The van der Waals surface area contributed by atoms with Crippen LogP contribution < -0.4 is 14.8 Å². The average molecular weight is 455 g/mol. The number of nitrogens with one attached hydrogen (secondary N) is 1. The first-order valence-corrected chi connectivity index (χ1v) is 11.1. The molecule has 11 heteroatoms. The van der Waals surface area contributed by atoms with Crippen molar-refractivity contribution < 1.29 is 19.0 Å². The van der Waals surface area contributed by atoms with Gasteiger partial charge in [-0.05, 0) is 31.7 Å². The number of aldehydes is 1. The number of ether oxygens (including phenoxy) is 3. The Balaban J connectivity index is 1.25. The molecule has 0 atom stereocenters. The topological polar surface area (TPSA) is 121 Å². The lowest BCUT2D eigenvalue weighted by molar-refractivity contribution is -0.140. The van der Waals surface area contributed by atoms with Gasteiger partial charge >= 0.3 is 6.01 Å². The summed E-state index contributed by atoms with van der Waals surface area (Å²) in [6.45, 7) is 1.76. The first-order valence-electron chi connectivity index (χ1n) is 10.3. The molecule has 4 heterocycles. The zero-order chi connectivity index (χ0) is 22.0. The highest BCUT2D eigenvalue weighted by molar-refractivity contribution is 7.18. The second-order valence-electron chi connectivity index (χ2n) is 7.97. The van der Waals surface area contributed by atoms with E-state index in [0.717, 1.165) is 49.5 Å². The van der Waals surface area contributed by atoms with E-state index in [4.69, 9.17) is 14.2 Å². The van der Waals surface area contributed by atoms with E-state index in [0.29, 0.717) is 22.8 Å². The number of thiazole rings is 1. The molecular formula is C21H22N6O4S. The van der Waals surface area contributed by atoms with Gasteiger partial charge < -0.3 is 14.2 Å². The van der Waals surface area contributed by atoms with Crippen molar-refractivity contribution in [1.29, 1.82) is 0 Å². The third kappa shape index (κ3) is 4.26. The third-order valence-electron chi connectivity index (χ3n) is 5.79. The fraction of sp³-hybridized carbons (Fsp3) is 0.429. The first-order chi connectivity index (χ1) is 15.7. The van der Waals surface area contributed by atoms with E-state index in [9.17, 15) is 4.79 Å². The van der Waals surface area contributed by atoms with Crippen LogP contribution in [0, 0.1) is 5.41 Å². The Morgan fingerprint density at radius 3 is 2.75 bits per heavy atom. The first kappa shape index (κ1) is 20.7. The summed E-state index contributed by atoms with van der Waals surface area (Å²) in [5.41, 5.74) is 1.39. The Bertz CT molecular complexity index is 1110. The molecule has 166 valence electrons. The highest BCUT2D eigenvalue weighted by Crippen LogP contribution is 2.43. The maximum Gasteiger partial charge on any atom is 0.317 e. The largest absolute Gasteiger partial charge is 0.480 e. The van der Waals surface area contributed by atoms with Crippen molar-refractivity contribution in [2.24, 2.45) is 5.41 Å². The van der Waals surface area contributed by atoms with Gasteiger partial charge in [0.1, 0.15) is 6.10 Å². The van der Waals surface area contributed by atoms with Crippen LogP contribution in [0.1, 0.15) is 36.0 Å². The molecule has 0 aromatic carbocycles. The smallest absolute Gasteiger partial charge is 0.317 e. The summed E-state index contributed by atoms with van der Waals surface area (Å²) < 4.78 is 16.6. The van der Waals surface area contributed by atoms with Crippen LogP contribution >= 0.6 is 11.3 Å². The maximum absolute atomic E-state index is 11.0. The minimum atomic E-state index is 0.136. The molecule has 32 heavy (non-hydrogen) atoms. The minimum absolute atomic E-state index is 0.136. The van der Waals surface area contributed by atoms with Gasteiger partial charge in [-0.2, -0.15) is 9.97 Å². The van der Waals surface area contributed by atoms with Crippen molar-refractivity contribution in [3.05, 3.63) is 30.2 Å². The van der Waals surface area contributed by atoms with E-state index in [2.05, 4.69) is 30.2 Å². The Hall–Kier alpha value is -3.18. The molecule has 1 aliphatic carbocycles. The van der Waals surface area contributed by atoms with Gasteiger partial charge in [-0.1, -0.05) is 11.3 Å². The Labute approximate surface area is 188 Å². The second kappa shape index (κ2) is 8.75. The van der Waals surface area contributed by atoms with Crippen LogP contribution in [0.3, 0.4) is 0 Å². The molecule has 2 fully saturated rings. The van der Waals surface area contributed by atoms with Gasteiger partial charge in [-0.3, -0.25) is 10.1 Å². The lowest BCUT2D eigenvalue weighted by Gasteiger charge is -2.45. The molecule has 1 spiro atoms. The van der Waals surface area contributed by atoms with E-state index in [1.165, 1.54) is 24.6 Å². The van der Waals surface area contributed by atoms with E-state index >= 15 is 0 Å². The number of anilines is 2. The van der Waals surface area contributed by atoms with Gasteiger partial charge in [0, 0.05) is 24.0 Å². The number of rotatable bonds is 7. The second-order valence-corrected chi connectivity index (χ2v) is 9.00. The molecule has 0 amide bonds. The van der Waals surface area contributed by atoms with Crippen LogP contribution in [0.5, 0.6) is 11.9 Å². The zero-order valence-electron chi connectivity index (χ0n) is 17.5. The van der Waals surface area contributed by atoms with E-state index < -0.39 is 0 Å². The third-order valence-corrected chi connectivity index (χ3v) is 6.73. The summed E-state index contributed by atoms with van der Waals surface area (Å²) >= 11 is 1.40. The monoisotopic (exact) mass is 454 g/mol. The molecule has 0 bridgehead atoms. The zero-order valence-corrected chi connectivity index (χ0v) is 18.3. The minimum Gasteiger partial charge on any atom is -0.480 e. The van der Waals surface area contributed by atoms with Crippen LogP contribution in [0.2, 0.25) is 0 Å². The van der Waals surface area contributed by atoms with Gasteiger partial charge in [0.2, 0.25) is 11.8 Å². The van der Waals surface area contributed by atoms with Crippen LogP contribution in [0.15, 0.2) is 24.7 Å². The van der Waals surface area contributed by atoms with Gasteiger partial charge in [0.15, 0.2) is 11.4 Å². The highest BCUT2D eigenvalue weighted by Gasteiger charge is 2.42. The molecule has 0 radical (unpaired) electrons. The van der Waals surface area contributed by atoms with Crippen LogP contribution in [0.4, 0.5) is 11.1 Å². The number of hydrogen-bond donors (Lipinski definition) is 1. The van der Waals surface area contributed by atoms with Gasteiger partial charge in [-0.15, -0.1) is 0 Å². The Morgan fingerprint density at radius 2 is 2.03 bits per heavy atom. The molecular weight excluding hydrogens is 432 g/mol. The molecule has 1 saturated heterocycles. The van der Waals surface area contributed by atoms with Crippen molar-refractivity contribution in [2.45, 2.75) is 31.8 Å². The molecule has 1 aliphatic heterocycles. The molecule has 0 unspecified atom stereocenters. The molecule has 5 rings (SSSR count). The van der Waals surface area contributed by atoms with Gasteiger partial charge in [-0.25, -0.2) is 15.0 Å². The lowest BCUT2D eigenvalue weighted by Crippen LogP contribution is -2.46. The number of carbonyl (C=O) groups is 1. The van der Waals surface area contributed by atoms with Crippen molar-refractivity contribution >= 4 is 28.7 Å². The fourth-order valence-corrected chi connectivity index (χ4v) is 4.69. The summed E-state index contributed by atoms with van der Waals surface area (Å²) in [7, 11) is 1.45. The van der Waals surface area contributed by atoms with Crippen LogP contribution in [-0.4, -0.2) is 57.6 Å². The molecule has 10 nitrogen and oxygen atoms in total. The van der Waals surface area contributed by atoms with Crippen molar-refractivity contribution in [1.82, 2.24) is 24.9 Å². The molecule has 3 aromatic heterocycles. The number of nitrogens with zero attached hydrogens (tertiary/aromatic N) is 5. The standard InChI is InChI=1S/C21H22N6O4S/c1-29-17-13(10-28)8-23-18(26-17)27-20-24-9-16(32-20)15-4-7-22-19(25-15)31-14-2-5-21(6-3-14)11-30-12-21/h4,7-10,14H,2-3,5-6,11-12H2,1H3,(H,23,24,26,27). The summed E-state index contributed by atoms with van der Waals surface area (Å²) in [4.78, 5) is 33.4. The summed E-state index contributed by atoms with van der Waals surface area (Å²) in [6, 6.07) is 2.21. The van der Waals surface area contributed by atoms with E-state index in [1.54, 1.807) is 12.4 Å². The number of methoxy groups -OCH3 is 1. The van der Waals surface area contributed by atoms with Crippen LogP contribution in [-0.2, 0) is 4.74 Å². The average Bonchev–Trinajstić information content (AvgIpc) is 3.27. The molecule has 1 saturated carbocycles. The Kier molecular flexibility index (Phi) is 5.66. The SMILES string of the molecule is COc1nc(Nc2ncc(-c3ccnc(OC4CCC5(CC4)COC5)n3)s2)ncc1C=O. The lowest BCUT2D eigenvalue weighted by atomic mass is 9.72. The summed E-state index contributed by atoms with van der Waals surface area (Å²) in [6.07, 6.45) is 9.84. The Morgan fingerprint density at radius 1 is 1.19 bits per heavy atom. The summed E-state index contributed by atoms with van der Waals surface area (Å²) in [5.74, 6) is 0.484. The van der Waals surface area contributed by atoms with Crippen molar-refractivity contribution in [3.8, 4) is 22.5 Å². The van der Waals surface area contributed by atoms with Crippen LogP contribution in [0.25, 0.3) is 10.6 Å². The highest BCUT2D eigenvalue weighted by atomic mass is 32.1. The predicted molar refractivity (Wildman–Crippen MR) is 117 cm³/mol. The number of aromatic nitrogens is 5. The fourth-order valence-electron chi connectivity index (χ4n) is 3.91. The molecule has 3 aromatic rings. The number of hydrogen-bond acceptors (Lipinski definition) is 11. The normalized spacial score (nSPS) is 17.5. The quantitative estimate of drug-likeness (QED) is 0.532. The van der Waals surface area contributed by atoms with E-state index in [-0.39, 0.29) is 23.5 Å². The van der Waals surface area contributed by atoms with Gasteiger partial charge in [0.05, 0.1) is 36.5 Å². The maximum atomic E-state index is 11.0.